The van der Waals surface area contributed by atoms with Crippen molar-refractivity contribution < 1.29 is 26.4 Å². The molecule has 1 fully saturated rings. The molecule has 2 heterocycles. The Kier molecular flexibility index (Phi) is 4.48. The number of carbonyl (C=O) groups excluding carboxylic acids is 1. The number of alkyl halides is 3. The van der Waals surface area contributed by atoms with Crippen LogP contribution in [0, 0.1) is 5.92 Å². The molecule has 1 saturated heterocycles. The maximum absolute atomic E-state index is 12.2. The lowest BCUT2D eigenvalue weighted by Gasteiger charge is -2.33. The van der Waals surface area contributed by atoms with Crippen LogP contribution in [0.2, 0.25) is 0 Å². The highest BCUT2D eigenvalue weighted by molar-refractivity contribution is 7.90. The molecule has 0 aromatic heterocycles. The van der Waals surface area contributed by atoms with Gasteiger partial charge in [-0.2, -0.15) is 21.6 Å². The monoisotopic (exact) mass is 375 g/mol. The molecular formula is C15H16F3N3O3S. The zero-order valence-electron chi connectivity index (χ0n) is 13.1. The van der Waals surface area contributed by atoms with E-state index in [1.165, 1.54) is 6.07 Å². The third kappa shape index (κ3) is 3.78. The van der Waals surface area contributed by atoms with Crippen molar-refractivity contribution in [1.29, 1.82) is 0 Å². The average molecular weight is 375 g/mol. The second kappa shape index (κ2) is 6.32. The molecule has 0 radical (unpaired) electrons. The van der Waals surface area contributed by atoms with E-state index >= 15 is 0 Å². The number of amidine groups is 1. The number of benzene rings is 1. The van der Waals surface area contributed by atoms with Crippen LogP contribution in [0.5, 0.6) is 0 Å². The lowest BCUT2D eigenvalue weighted by Crippen LogP contribution is -2.47. The van der Waals surface area contributed by atoms with Gasteiger partial charge in [0.05, 0.1) is 5.92 Å². The van der Waals surface area contributed by atoms with Crippen LogP contribution in [0.15, 0.2) is 33.6 Å². The maximum Gasteiger partial charge on any atom is 0.405 e. The van der Waals surface area contributed by atoms with Crippen molar-refractivity contribution in [3.05, 3.63) is 29.8 Å². The van der Waals surface area contributed by atoms with E-state index in [4.69, 9.17) is 0 Å². The predicted molar refractivity (Wildman–Crippen MR) is 83.5 cm³/mol. The fraction of sp³-hybridized carbons (Fsp3) is 0.467. The van der Waals surface area contributed by atoms with Gasteiger partial charge in [0.2, 0.25) is 5.91 Å². The van der Waals surface area contributed by atoms with Gasteiger partial charge in [-0.1, -0.05) is 12.1 Å². The minimum absolute atomic E-state index is 0.105. The summed E-state index contributed by atoms with van der Waals surface area (Å²) in [5.41, 5.74) is 0.457. The third-order valence-corrected chi connectivity index (χ3v) is 5.49. The Morgan fingerprint density at radius 2 is 2.04 bits per heavy atom. The first kappa shape index (κ1) is 17.7. The van der Waals surface area contributed by atoms with Crippen molar-refractivity contribution in [3.63, 3.8) is 0 Å². The summed E-state index contributed by atoms with van der Waals surface area (Å²) in [6.07, 6.45) is -3.46. The average Bonchev–Trinajstić information content (AvgIpc) is 2.84. The largest absolute Gasteiger partial charge is 0.405 e. The number of likely N-dealkylation sites (tertiary alicyclic amines) is 1. The van der Waals surface area contributed by atoms with Gasteiger partial charge in [0, 0.05) is 18.7 Å². The maximum atomic E-state index is 12.2. The summed E-state index contributed by atoms with van der Waals surface area (Å²) in [7, 11) is -3.77. The topological polar surface area (TPSA) is 78.8 Å². The smallest absolute Gasteiger partial charge is 0.355 e. The summed E-state index contributed by atoms with van der Waals surface area (Å²) in [4.78, 5) is 13.7. The van der Waals surface area contributed by atoms with E-state index < -0.39 is 34.6 Å². The predicted octanol–water partition coefficient (Wildman–Crippen LogP) is 1.53. The van der Waals surface area contributed by atoms with Crippen molar-refractivity contribution in [2.75, 3.05) is 19.6 Å². The molecule has 10 heteroatoms. The number of nitrogens with zero attached hydrogens (tertiary/aromatic N) is 2. The number of halogens is 3. The highest BCUT2D eigenvalue weighted by Gasteiger charge is 2.36. The van der Waals surface area contributed by atoms with Crippen molar-refractivity contribution in [3.8, 4) is 0 Å². The van der Waals surface area contributed by atoms with Crippen molar-refractivity contribution in [2.24, 2.45) is 10.3 Å². The van der Waals surface area contributed by atoms with E-state index in [0.29, 0.717) is 24.9 Å². The molecule has 25 heavy (non-hydrogen) atoms. The van der Waals surface area contributed by atoms with Crippen LogP contribution in [0.25, 0.3) is 0 Å². The number of hydrogen-bond acceptors (Lipinski definition) is 4. The molecule has 1 aromatic carbocycles. The minimum atomic E-state index is -4.47. The zero-order valence-corrected chi connectivity index (χ0v) is 13.9. The Hall–Kier alpha value is -2.10. The van der Waals surface area contributed by atoms with Crippen LogP contribution in [-0.2, 0) is 14.8 Å². The van der Waals surface area contributed by atoms with Gasteiger partial charge < -0.3 is 10.2 Å². The Bertz CT molecular complexity index is 821. The van der Waals surface area contributed by atoms with Gasteiger partial charge in [0.1, 0.15) is 11.4 Å². The number of hydrogen-bond donors (Lipinski definition) is 1. The lowest BCUT2D eigenvalue weighted by atomic mass is 9.96. The molecule has 0 bridgehead atoms. The van der Waals surface area contributed by atoms with Crippen molar-refractivity contribution >= 4 is 21.8 Å². The van der Waals surface area contributed by atoms with E-state index in [2.05, 4.69) is 4.40 Å². The lowest BCUT2D eigenvalue weighted by molar-refractivity contribution is -0.141. The molecular weight excluding hydrogens is 359 g/mol. The first-order chi connectivity index (χ1) is 11.7. The minimum Gasteiger partial charge on any atom is -0.355 e. The number of amides is 1. The second-order valence-corrected chi connectivity index (χ2v) is 7.58. The summed E-state index contributed by atoms with van der Waals surface area (Å²) in [6, 6.07) is 6.37. The van der Waals surface area contributed by atoms with Gasteiger partial charge in [-0.25, -0.2) is 0 Å². The van der Waals surface area contributed by atoms with E-state index in [1.807, 2.05) is 5.32 Å². The molecule has 0 unspecified atom stereocenters. The van der Waals surface area contributed by atoms with Crippen molar-refractivity contribution in [1.82, 2.24) is 10.2 Å². The van der Waals surface area contributed by atoms with Gasteiger partial charge in [-0.15, -0.1) is 4.40 Å². The number of fused-ring (bicyclic) bond motifs is 1. The molecule has 0 aliphatic carbocycles. The molecule has 2 aliphatic heterocycles. The van der Waals surface area contributed by atoms with Crippen LogP contribution in [0.3, 0.4) is 0 Å². The van der Waals surface area contributed by atoms with Gasteiger partial charge in [0.25, 0.3) is 10.0 Å². The first-order valence-corrected chi connectivity index (χ1v) is 9.15. The summed E-state index contributed by atoms with van der Waals surface area (Å²) >= 11 is 0. The first-order valence-electron chi connectivity index (χ1n) is 7.71. The fourth-order valence-corrected chi connectivity index (χ4v) is 4.26. The number of nitrogens with one attached hydrogen (secondary N) is 1. The molecule has 1 atom stereocenters. The quantitative estimate of drug-likeness (QED) is 0.850. The normalized spacial score (nSPS) is 22.3. The Balaban J connectivity index is 1.76. The van der Waals surface area contributed by atoms with Gasteiger partial charge in [-0.05, 0) is 25.0 Å². The van der Waals surface area contributed by atoms with E-state index in [-0.39, 0.29) is 17.3 Å². The third-order valence-electron chi connectivity index (χ3n) is 4.17. The number of rotatable bonds is 2. The number of carbonyl (C=O) groups is 1. The highest BCUT2D eigenvalue weighted by Crippen LogP contribution is 2.29. The summed E-state index contributed by atoms with van der Waals surface area (Å²) in [5, 5.41) is 1.89. The molecule has 3 rings (SSSR count). The number of sulfonamides is 1. The second-order valence-electron chi connectivity index (χ2n) is 6.00. The summed E-state index contributed by atoms with van der Waals surface area (Å²) in [5.74, 6) is -1.07. The Labute approximate surface area is 142 Å². The van der Waals surface area contributed by atoms with Crippen LogP contribution in [0.1, 0.15) is 18.4 Å². The van der Waals surface area contributed by atoms with Crippen LogP contribution >= 0.6 is 0 Å². The van der Waals surface area contributed by atoms with Gasteiger partial charge in [0.15, 0.2) is 5.84 Å². The standard InChI is InChI=1S/C15H16F3N3O3S/c16-15(17,18)9-19-14(22)10-4-3-7-21(8-10)13-11-5-1-2-6-12(11)25(23,24)20-13/h1-2,5-6,10H,3-4,7-9H2,(H,19,22)/t10-/m1/s1. The summed E-state index contributed by atoms with van der Waals surface area (Å²) in [6.45, 7) is -0.751. The Morgan fingerprint density at radius 3 is 2.76 bits per heavy atom. The van der Waals surface area contributed by atoms with Crippen LogP contribution < -0.4 is 5.32 Å². The van der Waals surface area contributed by atoms with E-state index in [1.54, 1.807) is 23.1 Å². The SMILES string of the molecule is O=C(NCC(F)(F)F)[C@@H]1CCCN(C2=NS(=O)(=O)c3ccccc32)C1. The van der Waals surface area contributed by atoms with Crippen LogP contribution in [-0.4, -0.2) is 50.9 Å². The Morgan fingerprint density at radius 1 is 1.32 bits per heavy atom. The summed E-state index contributed by atoms with van der Waals surface area (Å²) < 4.78 is 64.8. The van der Waals surface area contributed by atoms with Gasteiger partial charge >= 0.3 is 6.18 Å². The highest BCUT2D eigenvalue weighted by atomic mass is 32.2. The van der Waals surface area contributed by atoms with Gasteiger partial charge in [-0.3, -0.25) is 4.79 Å². The molecule has 1 N–H and O–H groups in total. The molecule has 2 aliphatic rings. The molecule has 1 amide bonds. The van der Waals surface area contributed by atoms with E-state index in [0.717, 1.165) is 0 Å². The van der Waals surface area contributed by atoms with Crippen molar-refractivity contribution in [2.45, 2.75) is 23.9 Å². The molecule has 0 saturated carbocycles. The fourth-order valence-electron chi connectivity index (χ4n) is 3.03. The van der Waals surface area contributed by atoms with Crippen LogP contribution in [0.4, 0.5) is 13.2 Å². The molecule has 1 aromatic rings. The number of piperidine rings is 1. The van der Waals surface area contributed by atoms with E-state index in [9.17, 15) is 26.4 Å². The molecule has 0 spiro atoms. The zero-order chi connectivity index (χ0) is 18.2. The molecule has 136 valence electrons. The molecule has 6 nitrogen and oxygen atoms in total.